The molecule has 0 bridgehead atoms. The van der Waals surface area contributed by atoms with Crippen LogP contribution in [0.5, 0.6) is 17.2 Å². The molecule has 29 heavy (non-hydrogen) atoms. The van der Waals surface area contributed by atoms with E-state index in [4.69, 9.17) is 14.2 Å². The van der Waals surface area contributed by atoms with Gasteiger partial charge in [0.2, 0.25) is 5.75 Å². The summed E-state index contributed by atoms with van der Waals surface area (Å²) in [5, 5.41) is 3.00. The zero-order valence-electron chi connectivity index (χ0n) is 16.8. The van der Waals surface area contributed by atoms with E-state index in [1.807, 2.05) is 67.6 Å². The van der Waals surface area contributed by atoms with E-state index in [1.54, 1.807) is 26.4 Å². The lowest BCUT2D eigenvalue weighted by molar-refractivity contribution is 0.0939. The Kier molecular flexibility index (Phi) is 6.74. The summed E-state index contributed by atoms with van der Waals surface area (Å²) in [4.78, 5) is 12.8. The van der Waals surface area contributed by atoms with Gasteiger partial charge < -0.3 is 19.5 Å². The highest BCUT2D eigenvalue weighted by atomic mass is 16.5. The van der Waals surface area contributed by atoms with Crippen molar-refractivity contribution in [3.05, 3.63) is 89.5 Å². The second-order valence-electron chi connectivity index (χ2n) is 6.59. The summed E-state index contributed by atoms with van der Waals surface area (Å²) in [6.45, 7) is 2.31. The molecule has 0 aliphatic carbocycles. The van der Waals surface area contributed by atoms with Crippen molar-refractivity contribution >= 4 is 5.91 Å². The van der Waals surface area contributed by atoms with Crippen LogP contribution < -0.4 is 19.5 Å². The first kappa shape index (κ1) is 20.3. The topological polar surface area (TPSA) is 56.8 Å². The van der Waals surface area contributed by atoms with Gasteiger partial charge in [-0.2, -0.15) is 0 Å². The van der Waals surface area contributed by atoms with E-state index in [2.05, 4.69) is 5.32 Å². The van der Waals surface area contributed by atoms with Crippen molar-refractivity contribution in [2.24, 2.45) is 0 Å². The maximum absolute atomic E-state index is 12.8. The van der Waals surface area contributed by atoms with Crippen molar-refractivity contribution in [1.82, 2.24) is 5.32 Å². The van der Waals surface area contributed by atoms with E-state index in [9.17, 15) is 4.79 Å². The van der Waals surface area contributed by atoms with Crippen molar-refractivity contribution < 1.29 is 19.0 Å². The second-order valence-corrected chi connectivity index (χ2v) is 6.59. The zero-order chi connectivity index (χ0) is 20.6. The summed E-state index contributed by atoms with van der Waals surface area (Å²) in [7, 11) is 3.08. The molecule has 0 aliphatic rings. The van der Waals surface area contributed by atoms with Gasteiger partial charge in [-0.1, -0.05) is 60.7 Å². The van der Waals surface area contributed by atoms with Crippen LogP contribution in [0.3, 0.4) is 0 Å². The van der Waals surface area contributed by atoms with Gasteiger partial charge in [0.15, 0.2) is 11.5 Å². The third-order valence-electron chi connectivity index (χ3n) is 4.60. The smallest absolute Gasteiger partial charge is 0.252 e. The largest absolute Gasteiger partial charge is 0.493 e. The van der Waals surface area contributed by atoms with Crippen molar-refractivity contribution in [3.63, 3.8) is 0 Å². The van der Waals surface area contributed by atoms with Crippen molar-refractivity contribution in [2.45, 2.75) is 19.6 Å². The molecule has 0 saturated heterocycles. The molecule has 5 heteroatoms. The zero-order valence-corrected chi connectivity index (χ0v) is 16.8. The molecule has 0 fully saturated rings. The standard InChI is InChI=1S/C24H25NO4/c1-17(19-12-8-5-9-13-19)25-24(26)20-14-21(27-2)23(22(15-20)28-3)29-16-18-10-6-4-7-11-18/h4-15,17H,16H2,1-3H3,(H,25,26)/t17-/m1/s1. The number of ether oxygens (including phenoxy) is 3. The van der Waals surface area contributed by atoms with Gasteiger partial charge in [0.05, 0.1) is 20.3 Å². The van der Waals surface area contributed by atoms with Gasteiger partial charge in [0.25, 0.3) is 5.91 Å². The quantitative estimate of drug-likeness (QED) is 0.601. The normalized spacial score (nSPS) is 11.4. The lowest BCUT2D eigenvalue weighted by Gasteiger charge is -2.18. The molecule has 1 N–H and O–H groups in total. The number of carbonyl (C=O) groups is 1. The van der Waals surface area contributed by atoms with Crippen LogP contribution in [0, 0.1) is 0 Å². The van der Waals surface area contributed by atoms with E-state index < -0.39 is 0 Å². The maximum atomic E-state index is 12.8. The number of hydrogen-bond acceptors (Lipinski definition) is 4. The SMILES string of the molecule is COc1cc(C(=O)N[C@H](C)c2ccccc2)cc(OC)c1OCc1ccccc1. The van der Waals surface area contributed by atoms with Crippen LogP contribution in [-0.2, 0) is 6.61 Å². The van der Waals surface area contributed by atoms with Gasteiger partial charge in [-0.3, -0.25) is 4.79 Å². The predicted molar refractivity (Wildman–Crippen MR) is 113 cm³/mol. The predicted octanol–water partition coefficient (Wildman–Crippen LogP) is 4.77. The first-order chi connectivity index (χ1) is 14.1. The maximum Gasteiger partial charge on any atom is 0.252 e. The number of rotatable bonds is 8. The van der Waals surface area contributed by atoms with Crippen LogP contribution in [0.15, 0.2) is 72.8 Å². The Balaban J connectivity index is 1.80. The fourth-order valence-electron chi connectivity index (χ4n) is 2.99. The van der Waals surface area contributed by atoms with Crippen molar-refractivity contribution in [3.8, 4) is 17.2 Å². The molecule has 5 nitrogen and oxygen atoms in total. The van der Waals surface area contributed by atoms with Gasteiger partial charge in [0, 0.05) is 5.56 Å². The molecule has 0 unspecified atom stereocenters. The summed E-state index contributed by atoms with van der Waals surface area (Å²) in [5.41, 5.74) is 2.49. The Morgan fingerprint density at radius 3 is 2.00 bits per heavy atom. The Bertz CT molecular complexity index is 917. The molecule has 0 aromatic heterocycles. The lowest BCUT2D eigenvalue weighted by atomic mass is 10.1. The van der Waals surface area contributed by atoms with E-state index in [0.29, 0.717) is 29.4 Å². The Labute approximate surface area is 171 Å². The minimum Gasteiger partial charge on any atom is -0.493 e. The fourth-order valence-corrected chi connectivity index (χ4v) is 2.99. The van der Waals surface area contributed by atoms with Gasteiger partial charge in [-0.05, 0) is 30.2 Å². The number of hydrogen-bond donors (Lipinski definition) is 1. The average Bonchev–Trinajstić information content (AvgIpc) is 2.78. The Hall–Kier alpha value is -3.47. The lowest BCUT2D eigenvalue weighted by Crippen LogP contribution is -2.26. The molecular formula is C24H25NO4. The molecule has 0 spiro atoms. The average molecular weight is 391 g/mol. The summed E-state index contributed by atoms with van der Waals surface area (Å²) >= 11 is 0. The molecule has 0 saturated carbocycles. The minimum absolute atomic E-state index is 0.130. The van der Waals surface area contributed by atoms with E-state index in [1.165, 1.54) is 0 Å². The molecule has 0 radical (unpaired) electrons. The summed E-state index contributed by atoms with van der Waals surface area (Å²) in [6.07, 6.45) is 0. The summed E-state index contributed by atoms with van der Waals surface area (Å²) in [6, 6.07) is 22.8. The minimum atomic E-state index is -0.215. The van der Waals surface area contributed by atoms with Crippen LogP contribution in [0.2, 0.25) is 0 Å². The van der Waals surface area contributed by atoms with Crippen LogP contribution in [0.4, 0.5) is 0 Å². The fraction of sp³-hybridized carbons (Fsp3) is 0.208. The molecule has 3 aromatic rings. The Morgan fingerprint density at radius 1 is 0.897 bits per heavy atom. The number of carbonyl (C=O) groups excluding carboxylic acids is 1. The number of nitrogens with one attached hydrogen (secondary N) is 1. The number of methoxy groups -OCH3 is 2. The molecule has 3 aromatic carbocycles. The van der Waals surface area contributed by atoms with E-state index in [-0.39, 0.29) is 11.9 Å². The van der Waals surface area contributed by atoms with Crippen molar-refractivity contribution in [1.29, 1.82) is 0 Å². The van der Waals surface area contributed by atoms with Gasteiger partial charge >= 0.3 is 0 Å². The highest BCUT2D eigenvalue weighted by Crippen LogP contribution is 2.39. The molecule has 150 valence electrons. The molecule has 0 heterocycles. The molecule has 1 atom stereocenters. The summed E-state index contributed by atoms with van der Waals surface area (Å²) in [5.74, 6) is 1.13. The van der Waals surface area contributed by atoms with Gasteiger partial charge in [0.1, 0.15) is 6.61 Å². The third-order valence-corrected chi connectivity index (χ3v) is 4.60. The third kappa shape index (κ3) is 5.08. The highest BCUT2D eigenvalue weighted by Gasteiger charge is 2.19. The number of benzene rings is 3. The van der Waals surface area contributed by atoms with Crippen molar-refractivity contribution in [2.75, 3.05) is 14.2 Å². The van der Waals surface area contributed by atoms with Crippen LogP contribution in [0.1, 0.15) is 34.5 Å². The molecular weight excluding hydrogens is 366 g/mol. The first-order valence-corrected chi connectivity index (χ1v) is 9.41. The molecule has 1 amide bonds. The van der Waals surface area contributed by atoms with Crippen LogP contribution in [-0.4, -0.2) is 20.1 Å². The first-order valence-electron chi connectivity index (χ1n) is 9.41. The van der Waals surface area contributed by atoms with E-state index in [0.717, 1.165) is 11.1 Å². The van der Waals surface area contributed by atoms with Crippen LogP contribution >= 0.6 is 0 Å². The monoisotopic (exact) mass is 391 g/mol. The molecule has 3 rings (SSSR count). The molecule has 0 aliphatic heterocycles. The second kappa shape index (κ2) is 9.64. The van der Waals surface area contributed by atoms with Gasteiger partial charge in [-0.15, -0.1) is 0 Å². The number of amides is 1. The summed E-state index contributed by atoms with van der Waals surface area (Å²) < 4.78 is 16.9. The highest BCUT2D eigenvalue weighted by molar-refractivity contribution is 5.95. The van der Waals surface area contributed by atoms with Crippen LogP contribution in [0.25, 0.3) is 0 Å². The Morgan fingerprint density at radius 2 is 1.45 bits per heavy atom. The van der Waals surface area contributed by atoms with Gasteiger partial charge in [-0.25, -0.2) is 0 Å². The van der Waals surface area contributed by atoms with E-state index >= 15 is 0 Å².